The number of carbonyl (C=O) groups is 2. The van der Waals surface area contributed by atoms with E-state index in [4.69, 9.17) is 4.84 Å². The van der Waals surface area contributed by atoms with Crippen molar-refractivity contribution in [2.75, 3.05) is 6.61 Å². The molecule has 0 aromatic heterocycles. The average molecular weight is 217 g/mol. The fraction of sp³-hybridized carbons (Fsp3) is 0.167. The lowest BCUT2D eigenvalue weighted by molar-refractivity contribution is -0.183. The molecule has 1 aliphatic rings. The number of rotatable bonds is 3. The second-order valence-corrected chi connectivity index (χ2v) is 3.28. The summed E-state index contributed by atoms with van der Waals surface area (Å²) in [7, 11) is 0. The number of carbonyl (C=O) groups excluding carboxylic acids is 2. The van der Waals surface area contributed by atoms with Crippen LogP contribution in [0.3, 0.4) is 0 Å². The Hall–Kier alpha value is -1.94. The maximum Gasteiger partial charge on any atom is 0.285 e. The number of imide groups is 1. The second kappa shape index (κ2) is 4.28. The highest BCUT2D eigenvalue weighted by Crippen LogP contribution is 2.23. The van der Waals surface area contributed by atoms with E-state index < -0.39 is 11.8 Å². The highest BCUT2D eigenvalue weighted by atomic mass is 16.7. The van der Waals surface area contributed by atoms with Gasteiger partial charge >= 0.3 is 0 Å². The van der Waals surface area contributed by atoms with Crippen LogP contribution in [-0.4, -0.2) is 23.5 Å². The molecule has 0 fully saturated rings. The van der Waals surface area contributed by atoms with Crippen molar-refractivity contribution >= 4 is 17.4 Å². The Balaban J connectivity index is 2.29. The summed E-state index contributed by atoms with van der Waals surface area (Å²) in [6.45, 7) is 2.01. The van der Waals surface area contributed by atoms with Crippen molar-refractivity contribution in [1.29, 1.82) is 0 Å². The van der Waals surface area contributed by atoms with Gasteiger partial charge < -0.3 is 0 Å². The van der Waals surface area contributed by atoms with Gasteiger partial charge in [-0.25, -0.2) is 0 Å². The normalized spacial score (nSPS) is 15.6. The zero-order valence-corrected chi connectivity index (χ0v) is 8.84. The van der Waals surface area contributed by atoms with Gasteiger partial charge in [0.25, 0.3) is 11.8 Å². The minimum absolute atomic E-state index is 0.285. The standard InChI is InChI=1S/C12H11NO3/c1-2-16-13-11(14)8-10(12(13)15)9-6-4-3-5-7-9/h3-8H,2H2,1H3. The van der Waals surface area contributed by atoms with E-state index in [1.54, 1.807) is 19.1 Å². The summed E-state index contributed by atoms with van der Waals surface area (Å²) < 4.78 is 0. The van der Waals surface area contributed by atoms with Crippen molar-refractivity contribution in [3.63, 3.8) is 0 Å². The predicted molar refractivity (Wildman–Crippen MR) is 57.9 cm³/mol. The second-order valence-electron chi connectivity index (χ2n) is 3.28. The van der Waals surface area contributed by atoms with Crippen molar-refractivity contribution in [2.45, 2.75) is 6.92 Å². The molecule has 2 rings (SSSR count). The Morgan fingerprint density at radius 3 is 2.50 bits per heavy atom. The SMILES string of the molecule is CCON1C(=O)C=C(c2ccccc2)C1=O. The molecule has 0 aliphatic carbocycles. The molecule has 0 radical (unpaired) electrons. The molecule has 0 spiro atoms. The van der Waals surface area contributed by atoms with Gasteiger partial charge in [0.2, 0.25) is 0 Å². The molecule has 2 amide bonds. The van der Waals surface area contributed by atoms with E-state index in [0.717, 1.165) is 10.6 Å². The number of hydrogen-bond acceptors (Lipinski definition) is 3. The van der Waals surface area contributed by atoms with Crippen LogP contribution in [0.25, 0.3) is 5.57 Å². The van der Waals surface area contributed by atoms with E-state index >= 15 is 0 Å². The molecular weight excluding hydrogens is 206 g/mol. The quantitative estimate of drug-likeness (QED) is 0.719. The maximum atomic E-state index is 11.8. The molecule has 1 aromatic carbocycles. The topological polar surface area (TPSA) is 46.6 Å². The van der Waals surface area contributed by atoms with Crippen molar-refractivity contribution in [2.24, 2.45) is 0 Å². The van der Waals surface area contributed by atoms with Crippen LogP contribution in [0.2, 0.25) is 0 Å². The minimum Gasteiger partial charge on any atom is -0.267 e. The highest BCUT2D eigenvalue weighted by molar-refractivity contribution is 6.32. The third-order valence-corrected chi connectivity index (χ3v) is 2.23. The fourth-order valence-corrected chi connectivity index (χ4v) is 1.53. The van der Waals surface area contributed by atoms with Crippen LogP contribution in [-0.2, 0) is 14.4 Å². The van der Waals surface area contributed by atoms with Gasteiger partial charge in [-0.05, 0) is 12.5 Å². The van der Waals surface area contributed by atoms with Crippen molar-refractivity contribution < 1.29 is 14.4 Å². The lowest BCUT2D eigenvalue weighted by atomic mass is 10.1. The molecule has 4 heteroatoms. The zero-order valence-electron chi connectivity index (χ0n) is 8.84. The fourth-order valence-electron chi connectivity index (χ4n) is 1.53. The number of benzene rings is 1. The van der Waals surface area contributed by atoms with Crippen molar-refractivity contribution in [3.05, 3.63) is 42.0 Å². The summed E-state index contributed by atoms with van der Waals surface area (Å²) in [6.07, 6.45) is 1.30. The molecule has 0 saturated heterocycles. The number of hydroxylamine groups is 2. The molecule has 82 valence electrons. The van der Waals surface area contributed by atoms with Gasteiger partial charge in [0.05, 0.1) is 12.2 Å². The van der Waals surface area contributed by atoms with Gasteiger partial charge in [-0.1, -0.05) is 30.3 Å². The van der Waals surface area contributed by atoms with Crippen LogP contribution >= 0.6 is 0 Å². The van der Waals surface area contributed by atoms with E-state index in [9.17, 15) is 9.59 Å². The Morgan fingerprint density at radius 2 is 1.88 bits per heavy atom. The summed E-state index contributed by atoms with van der Waals surface area (Å²) in [6, 6.07) is 9.05. The Bertz CT molecular complexity index is 451. The first-order valence-corrected chi connectivity index (χ1v) is 5.02. The summed E-state index contributed by atoms with van der Waals surface area (Å²) in [5, 5.41) is 0.794. The summed E-state index contributed by atoms with van der Waals surface area (Å²) in [4.78, 5) is 28.2. The van der Waals surface area contributed by atoms with Gasteiger partial charge in [0, 0.05) is 6.08 Å². The van der Waals surface area contributed by atoms with Crippen molar-refractivity contribution in [3.8, 4) is 0 Å². The van der Waals surface area contributed by atoms with Gasteiger partial charge in [0.1, 0.15) is 0 Å². The smallest absolute Gasteiger partial charge is 0.267 e. The van der Waals surface area contributed by atoms with Crippen LogP contribution in [0, 0.1) is 0 Å². The molecule has 0 atom stereocenters. The predicted octanol–water partition coefficient (Wildman–Crippen LogP) is 1.39. The average Bonchev–Trinajstić information content (AvgIpc) is 2.59. The largest absolute Gasteiger partial charge is 0.285 e. The lowest BCUT2D eigenvalue weighted by Gasteiger charge is -2.12. The van der Waals surface area contributed by atoms with E-state index in [0.29, 0.717) is 5.57 Å². The highest BCUT2D eigenvalue weighted by Gasteiger charge is 2.32. The molecular formula is C12H11NO3. The van der Waals surface area contributed by atoms with Crippen LogP contribution in [0.4, 0.5) is 0 Å². The lowest BCUT2D eigenvalue weighted by Crippen LogP contribution is -2.30. The van der Waals surface area contributed by atoms with E-state index in [1.807, 2.05) is 18.2 Å². The number of hydrogen-bond donors (Lipinski definition) is 0. The van der Waals surface area contributed by atoms with Crippen LogP contribution < -0.4 is 0 Å². The van der Waals surface area contributed by atoms with E-state index in [1.165, 1.54) is 6.08 Å². The molecule has 4 nitrogen and oxygen atoms in total. The van der Waals surface area contributed by atoms with E-state index in [2.05, 4.69) is 0 Å². The van der Waals surface area contributed by atoms with Gasteiger partial charge in [0.15, 0.2) is 0 Å². The van der Waals surface area contributed by atoms with E-state index in [-0.39, 0.29) is 6.61 Å². The third kappa shape index (κ3) is 1.75. The Morgan fingerprint density at radius 1 is 1.19 bits per heavy atom. The first-order chi connectivity index (χ1) is 7.74. The number of nitrogens with zero attached hydrogens (tertiary/aromatic N) is 1. The molecule has 0 N–H and O–H groups in total. The first-order valence-electron chi connectivity index (χ1n) is 5.02. The Labute approximate surface area is 93.1 Å². The zero-order chi connectivity index (χ0) is 11.5. The summed E-state index contributed by atoms with van der Waals surface area (Å²) >= 11 is 0. The molecule has 1 aromatic rings. The molecule has 16 heavy (non-hydrogen) atoms. The first kappa shape index (κ1) is 10.6. The van der Waals surface area contributed by atoms with Crippen molar-refractivity contribution in [1.82, 2.24) is 5.06 Å². The molecule has 0 saturated carbocycles. The molecule has 0 unspecified atom stereocenters. The maximum absolute atomic E-state index is 11.8. The minimum atomic E-state index is -0.425. The van der Waals surface area contributed by atoms with Gasteiger partial charge in [-0.2, -0.15) is 0 Å². The van der Waals surface area contributed by atoms with Crippen LogP contribution in [0.1, 0.15) is 12.5 Å². The monoisotopic (exact) mass is 217 g/mol. The third-order valence-electron chi connectivity index (χ3n) is 2.23. The summed E-state index contributed by atoms with van der Waals surface area (Å²) in [5.74, 6) is -0.830. The summed E-state index contributed by atoms with van der Waals surface area (Å²) in [5.41, 5.74) is 1.10. The Kier molecular flexibility index (Phi) is 2.83. The molecule has 1 heterocycles. The molecule has 1 aliphatic heterocycles. The van der Waals surface area contributed by atoms with Crippen LogP contribution in [0.15, 0.2) is 36.4 Å². The van der Waals surface area contributed by atoms with Gasteiger partial charge in [-0.3, -0.25) is 14.4 Å². The molecule has 0 bridgehead atoms. The van der Waals surface area contributed by atoms with Gasteiger partial charge in [-0.15, -0.1) is 5.06 Å². The number of amides is 2. The van der Waals surface area contributed by atoms with Crippen LogP contribution in [0.5, 0.6) is 0 Å².